The summed E-state index contributed by atoms with van der Waals surface area (Å²) in [5, 5.41) is 6.15. The Morgan fingerprint density at radius 1 is 1.05 bits per heavy atom. The lowest BCUT2D eigenvalue weighted by Crippen LogP contribution is -2.32. The van der Waals surface area contributed by atoms with E-state index in [1.54, 1.807) is 19.2 Å². The fraction of sp³-hybridized carbons (Fsp3) is 0.586. The van der Waals surface area contributed by atoms with Gasteiger partial charge >= 0.3 is 5.97 Å². The number of anilines is 3. The number of halogens is 1. The molecule has 0 bridgehead atoms. The normalized spacial score (nSPS) is 11.5. The van der Waals surface area contributed by atoms with Crippen LogP contribution in [0.1, 0.15) is 58.8 Å². The Balaban J connectivity index is 0.00000180. The highest BCUT2D eigenvalue weighted by Gasteiger charge is 2.21. The summed E-state index contributed by atoms with van der Waals surface area (Å²) in [6.07, 6.45) is 8.71. The molecule has 13 nitrogen and oxygen atoms in total. The van der Waals surface area contributed by atoms with Crippen molar-refractivity contribution in [3.8, 4) is 5.75 Å². The van der Waals surface area contributed by atoms with E-state index in [9.17, 15) is 14.0 Å². The second-order valence-corrected chi connectivity index (χ2v) is 10.5. The molecule has 7 N–H and O–H groups in total. The Kier molecular flexibility index (Phi) is 26.5. The van der Waals surface area contributed by atoms with Crippen LogP contribution in [0.4, 0.5) is 21.7 Å². The molecule has 0 saturated heterocycles. The number of unbranched alkanes of at least 4 members (excludes halogenated alkanes) is 4. The molecule has 250 valence electrons. The summed E-state index contributed by atoms with van der Waals surface area (Å²) in [6.45, 7) is 6.24. The molecule has 0 aliphatic carbocycles. The molecule has 0 aliphatic heterocycles. The molecule has 1 aromatic heterocycles. The molecule has 2 atom stereocenters. The maximum atomic E-state index is 12.1. The van der Waals surface area contributed by atoms with Gasteiger partial charge in [-0.25, -0.2) is 9.97 Å². The number of hydrogen-bond donors (Lipinski definition) is 5. The summed E-state index contributed by atoms with van der Waals surface area (Å²) in [5.74, 6) is 6.32. The minimum atomic E-state index is -1.43. The van der Waals surface area contributed by atoms with Crippen LogP contribution in [0.15, 0.2) is 36.7 Å². The average Bonchev–Trinajstić information content (AvgIpc) is 3.04. The summed E-state index contributed by atoms with van der Waals surface area (Å²) < 4.78 is 31.3. The minimum absolute atomic E-state index is 0.0852. The molecule has 1 unspecified atom stereocenters. The van der Waals surface area contributed by atoms with Crippen molar-refractivity contribution in [2.45, 2.75) is 64.8 Å². The van der Waals surface area contributed by atoms with Crippen molar-refractivity contribution in [1.82, 2.24) is 15.1 Å². The summed E-state index contributed by atoms with van der Waals surface area (Å²) in [6, 6.07) is 8.41. The van der Waals surface area contributed by atoms with Gasteiger partial charge in [-0.2, -0.15) is 0 Å². The van der Waals surface area contributed by atoms with Gasteiger partial charge < -0.3 is 40.0 Å². The molecular formula is C29H51FN7O6P. The van der Waals surface area contributed by atoms with Crippen molar-refractivity contribution in [2.75, 3.05) is 63.5 Å². The molecule has 0 amide bonds. The van der Waals surface area contributed by atoms with E-state index in [1.807, 2.05) is 18.2 Å². The number of ether oxygens (including phenoxy) is 3. The molecule has 44 heavy (non-hydrogen) atoms. The third kappa shape index (κ3) is 19.9. The SMILES string of the molecule is CCCCCOC.CCCCCOC(=O)C[C@@H](C=O)NP(COCCNc1ncnc(N)c1NN)Oc1ccccc1.CF. The van der Waals surface area contributed by atoms with Crippen molar-refractivity contribution < 1.29 is 32.7 Å². The van der Waals surface area contributed by atoms with Gasteiger partial charge in [-0.05, 0) is 25.0 Å². The third-order valence-corrected chi connectivity index (χ3v) is 7.02. The number of nitrogens with one attached hydrogen (secondary N) is 3. The number of para-hydroxylation sites is 1. The number of aromatic nitrogens is 2. The van der Waals surface area contributed by atoms with Crippen LogP contribution in [0, 0.1) is 0 Å². The number of esters is 1. The standard InChI is InChI=1S/C22H34N7O5P.C6H14O.CH3F/c1-2-3-7-11-33-19(31)13-17(14-30)29-35(34-18-8-5-4-6-9-18)16-32-12-10-25-22-20(28-24)21(23)26-15-27-22;1-3-4-5-6-7-2;1-2/h4-6,8-9,14-15,17,28-29H,2-3,7,10-13,16,24H2,1H3,(H3,23,25,26,27);3-6H2,1-2H3;1H3/t17-,35?;;/m0../s1. The van der Waals surface area contributed by atoms with Crippen LogP contribution >= 0.6 is 8.30 Å². The molecule has 2 rings (SSSR count). The van der Waals surface area contributed by atoms with Gasteiger partial charge in [0.15, 0.2) is 19.9 Å². The number of nitrogen functional groups attached to an aromatic ring is 2. The van der Waals surface area contributed by atoms with Gasteiger partial charge in [-0.3, -0.25) is 20.1 Å². The zero-order valence-electron chi connectivity index (χ0n) is 26.4. The highest BCUT2D eigenvalue weighted by atomic mass is 31.2. The fourth-order valence-electron chi connectivity index (χ4n) is 3.35. The van der Waals surface area contributed by atoms with Gasteiger partial charge in [-0.1, -0.05) is 57.7 Å². The van der Waals surface area contributed by atoms with Crippen molar-refractivity contribution in [3.63, 3.8) is 0 Å². The van der Waals surface area contributed by atoms with E-state index < -0.39 is 20.3 Å². The van der Waals surface area contributed by atoms with Crippen molar-refractivity contribution >= 4 is 37.9 Å². The lowest BCUT2D eigenvalue weighted by atomic mass is 10.2. The van der Waals surface area contributed by atoms with E-state index in [0.717, 1.165) is 25.9 Å². The van der Waals surface area contributed by atoms with Crippen molar-refractivity contribution in [3.05, 3.63) is 36.7 Å². The predicted octanol–water partition coefficient (Wildman–Crippen LogP) is 4.81. The number of carbonyl (C=O) groups excluding carboxylic acids is 2. The number of alkyl halides is 1. The molecule has 1 aromatic carbocycles. The van der Waals surface area contributed by atoms with E-state index in [0.29, 0.717) is 50.5 Å². The van der Waals surface area contributed by atoms with E-state index in [4.69, 9.17) is 30.3 Å². The zero-order chi connectivity index (χ0) is 32.8. The number of nitrogens with zero attached hydrogens (tertiary/aromatic N) is 2. The molecule has 0 radical (unpaired) electrons. The number of methoxy groups -OCH3 is 1. The van der Waals surface area contributed by atoms with E-state index in [-0.39, 0.29) is 18.6 Å². The van der Waals surface area contributed by atoms with Gasteiger partial charge in [0.05, 0.1) is 32.9 Å². The van der Waals surface area contributed by atoms with E-state index in [2.05, 4.69) is 39.6 Å². The molecule has 0 fully saturated rings. The van der Waals surface area contributed by atoms with Crippen molar-refractivity contribution in [2.24, 2.45) is 5.84 Å². The quantitative estimate of drug-likeness (QED) is 0.0294. The Morgan fingerprint density at radius 3 is 2.34 bits per heavy atom. The summed E-state index contributed by atoms with van der Waals surface area (Å²) in [5.41, 5.74) is 8.61. The van der Waals surface area contributed by atoms with Gasteiger partial charge in [-0.15, -0.1) is 0 Å². The zero-order valence-corrected chi connectivity index (χ0v) is 27.3. The highest BCUT2D eigenvalue weighted by molar-refractivity contribution is 7.50. The summed E-state index contributed by atoms with van der Waals surface area (Å²) in [7, 11) is 0.812. The van der Waals surface area contributed by atoms with Gasteiger partial charge in [0, 0.05) is 20.3 Å². The summed E-state index contributed by atoms with van der Waals surface area (Å²) >= 11 is 0. The summed E-state index contributed by atoms with van der Waals surface area (Å²) in [4.78, 5) is 31.7. The largest absolute Gasteiger partial charge is 0.466 e. The van der Waals surface area contributed by atoms with Gasteiger partial charge in [0.1, 0.15) is 30.4 Å². The van der Waals surface area contributed by atoms with Crippen LogP contribution in [-0.4, -0.2) is 75.3 Å². The molecule has 2 aromatic rings. The monoisotopic (exact) mass is 643 g/mol. The number of benzene rings is 1. The first-order chi connectivity index (χ1) is 21.5. The third-order valence-electron chi connectivity index (χ3n) is 5.55. The van der Waals surface area contributed by atoms with E-state index >= 15 is 0 Å². The maximum Gasteiger partial charge on any atom is 0.307 e. The lowest BCUT2D eigenvalue weighted by molar-refractivity contribution is -0.144. The minimum Gasteiger partial charge on any atom is -0.466 e. The number of hydrazine groups is 1. The Labute approximate surface area is 262 Å². The Hall–Kier alpha value is -3.16. The molecule has 1 heterocycles. The first-order valence-corrected chi connectivity index (χ1v) is 16.1. The molecule has 0 aliphatic rings. The van der Waals surface area contributed by atoms with E-state index in [1.165, 1.54) is 25.6 Å². The first-order valence-electron chi connectivity index (χ1n) is 14.6. The maximum absolute atomic E-state index is 12.1. The molecule has 0 saturated carbocycles. The van der Waals surface area contributed by atoms with Gasteiger partial charge in [0.2, 0.25) is 0 Å². The predicted molar refractivity (Wildman–Crippen MR) is 174 cm³/mol. The lowest BCUT2D eigenvalue weighted by Gasteiger charge is -2.22. The van der Waals surface area contributed by atoms with Crippen LogP contribution in [0.25, 0.3) is 0 Å². The second kappa shape index (κ2) is 28.6. The van der Waals surface area contributed by atoms with Crippen LogP contribution < -0.4 is 31.9 Å². The fourth-order valence-corrected chi connectivity index (χ4v) is 4.72. The Morgan fingerprint density at radius 2 is 1.73 bits per heavy atom. The molecule has 15 heteroatoms. The topological polar surface area (TPSA) is 185 Å². The molecular weight excluding hydrogens is 592 g/mol. The second-order valence-electron chi connectivity index (χ2n) is 9.08. The number of aldehydes is 1. The van der Waals surface area contributed by atoms with Crippen LogP contribution in [0.2, 0.25) is 0 Å². The number of carbonyl (C=O) groups is 2. The van der Waals surface area contributed by atoms with Crippen LogP contribution in [0.3, 0.4) is 0 Å². The number of nitrogens with two attached hydrogens (primary N) is 2. The number of hydrogen-bond acceptors (Lipinski definition) is 13. The van der Waals surface area contributed by atoms with Crippen LogP contribution in [0.5, 0.6) is 5.75 Å². The molecule has 0 spiro atoms. The first kappa shape index (κ1) is 40.8. The highest BCUT2D eigenvalue weighted by Crippen LogP contribution is 2.35. The average molecular weight is 644 g/mol. The van der Waals surface area contributed by atoms with Gasteiger partial charge in [0.25, 0.3) is 0 Å². The number of rotatable bonds is 22. The Bertz CT molecular complexity index is 980. The van der Waals surface area contributed by atoms with Crippen LogP contribution in [-0.2, 0) is 23.8 Å². The van der Waals surface area contributed by atoms with Crippen molar-refractivity contribution in [1.29, 1.82) is 0 Å². The smallest absolute Gasteiger partial charge is 0.307 e.